The molecule has 1 N–H and O–H groups in total. The maximum absolute atomic E-state index is 11.9. The van der Waals surface area contributed by atoms with Gasteiger partial charge in [0, 0.05) is 6.20 Å². The highest BCUT2D eigenvalue weighted by Crippen LogP contribution is 2.33. The third kappa shape index (κ3) is 4.31. The number of hydrogen-bond donors (Lipinski definition) is 1. The molecule has 1 heterocycles. The zero-order valence-corrected chi connectivity index (χ0v) is 13.4. The predicted octanol–water partition coefficient (Wildman–Crippen LogP) is 4.66. The van der Waals surface area contributed by atoms with Crippen molar-refractivity contribution in [1.82, 2.24) is 4.98 Å². The molecular weight excluding hydrogens is 288 g/mol. The van der Waals surface area contributed by atoms with E-state index in [4.69, 9.17) is 4.74 Å². The molecule has 1 aromatic heterocycles. The van der Waals surface area contributed by atoms with Crippen LogP contribution in [0.4, 0.5) is 10.6 Å². The highest BCUT2D eigenvalue weighted by Gasteiger charge is 2.24. The molecule has 0 radical (unpaired) electrons. The number of carbonyl (C=O) groups excluding carboxylic acids is 1. The van der Waals surface area contributed by atoms with Gasteiger partial charge in [0.15, 0.2) is 0 Å². The molecule has 1 saturated carbocycles. The molecule has 0 atom stereocenters. The van der Waals surface area contributed by atoms with Crippen molar-refractivity contribution in [1.29, 1.82) is 0 Å². The van der Waals surface area contributed by atoms with E-state index in [2.05, 4.69) is 34.6 Å². The first-order valence-corrected chi connectivity index (χ1v) is 8.16. The Hall–Kier alpha value is -2.36. The minimum Gasteiger partial charge on any atom is -0.446 e. The number of amides is 1. The van der Waals surface area contributed by atoms with E-state index in [-0.39, 0.29) is 6.10 Å². The number of rotatable bonds is 3. The van der Waals surface area contributed by atoms with Crippen LogP contribution >= 0.6 is 0 Å². The fraction of sp³-hybridized carbons (Fsp3) is 0.368. The van der Waals surface area contributed by atoms with E-state index >= 15 is 0 Å². The summed E-state index contributed by atoms with van der Waals surface area (Å²) < 4.78 is 5.52. The Labute approximate surface area is 136 Å². The SMILES string of the molecule is Cc1ccc(NC(=O)OC2CCC(c3ccccc3)CC2)nc1. The second-order valence-corrected chi connectivity index (χ2v) is 6.14. The standard InChI is InChI=1S/C19H22N2O2/c1-14-7-12-18(20-13-14)21-19(22)23-17-10-8-16(9-11-17)15-5-3-2-4-6-15/h2-7,12-13,16-17H,8-11H2,1H3,(H,20,21,22). The molecular formula is C19H22N2O2. The second kappa shape index (κ2) is 7.27. The maximum Gasteiger partial charge on any atom is 0.413 e. The topological polar surface area (TPSA) is 51.2 Å². The number of anilines is 1. The predicted molar refractivity (Wildman–Crippen MR) is 90.5 cm³/mol. The molecule has 1 aliphatic rings. The molecule has 1 fully saturated rings. The lowest BCUT2D eigenvalue weighted by molar-refractivity contribution is 0.0821. The Bertz CT molecular complexity index is 632. The van der Waals surface area contributed by atoms with Crippen LogP contribution < -0.4 is 5.32 Å². The van der Waals surface area contributed by atoms with Crippen molar-refractivity contribution in [3.63, 3.8) is 0 Å². The van der Waals surface area contributed by atoms with Crippen molar-refractivity contribution in [3.05, 3.63) is 59.8 Å². The van der Waals surface area contributed by atoms with Crippen LogP contribution in [0.25, 0.3) is 0 Å². The van der Waals surface area contributed by atoms with Gasteiger partial charge in [0.2, 0.25) is 0 Å². The van der Waals surface area contributed by atoms with Gasteiger partial charge in [-0.3, -0.25) is 5.32 Å². The largest absolute Gasteiger partial charge is 0.446 e. The molecule has 0 unspecified atom stereocenters. The van der Waals surface area contributed by atoms with Gasteiger partial charge in [-0.25, -0.2) is 9.78 Å². The lowest BCUT2D eigenvalue weighted by Crippen LogP contribution is -2.26. The van der Waals surface area contributed by atoms with E-state index in [0.717, 1.165) is 31.2 Å². The molecule has 3 rings (SSSR count). The van der Waals surface area contributed by atoms with Crippen LogP contribution in [0.3, 0.4) is 0 Å². The van der Waals surface area contributed by atoms with Crippen LogP contribution in [0.2, 0.25) is 0 Å². The first kappa shape index (κ1) is 15.5. The molecule has 1 aliphatic carbocycles. The summed E-state index contributed by atoms with van der Waals surface area (Å²) in [7, 11) is 0. The number of carbonyl (C=O) groups is 1. The van der Waals surface area contributed by atoms with Crippen molar-refractivity contribution in [2.45, 2.75) is 44.6 Å². The monoisotopic (exact) mass is 310 g/mol. The lowest BCUT2D eigenvalue weighted by atomic mass is 9.83. The highest BCUT2D eigenvalue weighted by atomic mass is 16.6. The Morgan fingerprint density at radius 1 is 1.09 bits per heavy atom. The summed E-state index contributed by atoms with van der Waals surface area (Å²) in [5.41, 5.74) is 2.45. The van der Waals surface area contributed by atoms with E-state index in [1.807, 2.05) is 19.1 Å². The number of benzene rings is 1. The molecule has 2 aromatic rings. The number of aromatic nitrogens is 1. The van der Waals surface area contributed by atoms with Gasteiger partial charge in [-0.15, -0.1) is 0 Å². The van der Waals surface area contributed by atoms with Crippen LogP contribution in [0, 0.1) is 6.92 Å². The third-order valence-corrected chi connectivity index (χ3v) is 4.36. The van der Waals surface area contributed by atoms with E-state index < -0.39 is 6.09 Å². The first-order chi connectivity index (χ1) is 11.2. The fourth-order valence-electron chi connectivity index (χ4n) is 3.07. The minimum atomic E-state index is -0.412. The number of nitrogens with zero attached hydrogens (tertiary/aromatic N) is 1. The summed E-state index contributed by atoms with van der Waals surface area (Å²) in [5.74, 6) is 1.11. The number of hydrogen-bond acceptors (Lipinski definition) is 3. The second-order valence-electron chi connectivity index (χ2n) is 6.14. The van der Waals surface area contributed by atoms with Gasteiger partial charge < -0.3 is 4.74 Å². The highest BCUT2D eigenvalue weighted by molar-refractivity contribution is 5.83. The van der Waals surface area contributed by atoms with Gasteiger partial charge in [0.25, 0.3) is 0 Å². The zero-order valence-electron chi connectivity index (χ0n) is 13.4. The van der Waals surface area contributed by atoms with E-state index in [0.29, 0.717) is 11.7 Å². The van der Waals surface area contributed by atoms with Crippen molar-refractivity contribution in [3.8, 4) is 0 Å². The van der Waals surface area contributed by atoms with E-state index in [1.54, 1.807) is 12.3 Å². The molecule has 0 bridgehead atoms. The van der Waals surface area contributed by atoms with Gasteiger partial charge in [-0.2, -0.15) is 0 Å². The fourth-order valence-corrected chi connectivity index (χ4v) is 3.07. The molecule has 0 spiro atoms. The molecule has 4 nitrogen and oxygen atoms in total. The van der Waals surface area contributed by atoms with Crippen LogP contribution in [-0.2, 0) is 4.74 Å². The van der Waals surface area contributed by atoms with Gasteiger partial charge in [-0.1, -0.05) is 36.4 Å². The van der Waals surface area contributed by atoms with Gasteiger partial charge in [0.1, 0.15) is 11.9 Å². The third-order valence-electron chi connectivity index (χ3n) is 4.36. The van der Waals surface area contributed by atoms with Crippen molar-refractivity contribution in [2.24, 2.45) is 0 Å². The maximum atomic E-state index is 11.9. The smallest absolute Gasteiger partial charge is 0.413 e. The molecule has 1 amide bonds. The summed E-state index contributed by atoms with van der Waals surface area (Å²) >= 11 is 0. The average Bonchev–Trinajstić information content (AvgIpc) is 2.58. The van der Waals surface area contributed by atoms with Crippen LogP contribution in [0.15, 0.2) is 48.7 Å². The molecule has 120 valence electrons. The number of nitrogens with one attached hydrogen (secondary N) is 1. The number of pyridine rings is 1. The Morgan fingerprint density at radius 3 is 2.48 bits per heavy atom. The number of ether oxygens (including phenoxy) is 1. The molecule has 23 heavy (non-hydrogen) atoms. The van der Waals surface area contributed by atoms with Crippen molar-refractivity contribution in [2.75, 3.05) is 5.32 Å². The van der Waals surface area contributed by atoms with Crippen LogP contribution in [0.5, 0.6) is 0 Å². The van der Waals surface area contributed by atoms with Crippen LogP contribution in [0.1, 0.15) is 42.7 Å². The van der Waals surface area contributed by atoms with Crippen molar-refractivity contribution >= 4 is 11.9 Å². The Balaban J connectivity index is 1.47. The minimum absolute atomic E-state index is 0.000380. The van der Waals surface area contributed by atoms with Crippen LogP contribution in [-0.4, -0.2) is 17.2 Å². The summed E-state index contributed by atoms with van der Waals surface area (Å²) in [5, 5.41) is 2.69. The Kier molecular flexibility index (Phi) is 4.91. The average molecular weight is 310 g/mol. The summed E-state index contributed by atoms with van der Waals surface area (Å²) in [6, 6.07) is 14.3. The normalized spacial score (nSPS) is 20.7. The lowest BCUT2D eigenvalue weighted by Gasteiger charge is -2.28. The zero-order chi connectivity index (χ0) is 16.1. The molecule has 4 heteroatoms. The van der Waals surface area contributed by atoms with Gasteiger partial charge in [0.05, 0.1) is 0 Å². The van der Waals surface area contributed by atoms with E-state index in [9.17, 15) is 4.79 Å². The van der Waals surface area contributed by atoms with Gasteiger partial charge in [-0.05, 0) is 55.7 Å². The summed E-state index contributed by atoms with van der Waals surface area (Å²) in [6.45, 7) is 1.96. The first-order valence-electron chi connectivity index (χ1n) is 8.16. The quantitative estimate of drug-likeness (QED) is 0.896. The van der Waals surface area contributed by atoms with Gasteiger partial charge >= 0.3 is 6.09 Å². The summed E-state index contributed by atoms with van der Waals surface area (Å²) in [6.07, 6.45) is 5.25. The molecule has 0 saturated heterocycles. The van der Waals surface area contributed by atoms with Crippen molar-refractivity contribution < 1.29 is 9.53 Å². The number of aryl methyl sites for hydroxylation is 1. The van der Waals surface area contributed by atoms with E-state index in [1.165, 1.54) is 5.56 Å². The Morgan fingerprint density at radius 2 is 1.83 bits per heavy atom. The molecule has 0 aliphatic heterocycles. The summed E-state index contributed by atoms with van der Waals surface area (Å²) in [4.78, 5) is 16.1. The molecule has 1 aromatic carbocycles.